The normalized spacial score (nSPS) is 10.8. The molecule has 0 aromatic heterocycles. The zero-order valence-corrected chi connectivity index (χ0v) is 27.3. The number of rotatable bonds is 12. The molecule has 1 N–H and O–H groups in total. The molecule has 0 aliphatic heterocycles. The second kappa shape index (κ2) is 15.2. The summed E-state index contributed by atoms with van der Waals surface area (Å²) in [5, 5.41) is 10.4. The number of carbonyl (C=O) groups is 1. The van der Waals surface area contributed by atoms with Gasteiger partial charge < -0.3 is 14.6 Å². The van der Waals surface area contributed by atoms with Crippen LogP contribution in [0.4, 0.5) is 0 Å². The van der Waals surface area contributed by atoms with Gasteiger partial charge in [0.05, 0.1) is 12.4 Å². The van der Waals surface area contributed by atoms with Gasteiger partial charge in [0.1, 0.15) is 11.5 Å². The van der Waals surface area contributed by atoms with Crippen LogP contribution in [0.2, 0.25) is 10.0 Å². The Morgan fingerprint density at radius 3 is 1.60 bits per heavy atom. The molecule has 0 unspecified atom stereocenters. The first-order valence-electron chi connectivity index (χ1n) is 14.5. The van der Waals surface area contributed by atoms with Crippen LogP contribution in [-0.4, -0.2) is 30.0 Å². The summed E-state index contributed by atoms with van der Waals surface area (Å²) in [4.78, 5) is 12.0. The van der Waals surface area contributed by atoms with Crippen LogP contribution in [0, 0.1) is 6.92 Å². The van der Waals surface area contributed by atoms with Crippen molar-refractivity contribution in [3.05, 3.63) is 148 Å². The largest absolute Gasteiger partial charge is 0.497 e. The van der Waals surface area contributed by atoms with E-state index in [-0.39, 0.29) is 6.61 Å². The van der Waals surface area contributed by atoms with Crippen LogP contribution in [-0.2, 0) is 9.53 Å². The summed E-state index contributed by atoms with van der Waals surface area (Å²) in [6, 6.07) is 38.5. The van der Waals surface area contributed by atoms with Crippen LogP contribution in [0.1, 0.15) is 23.6 Å². The highest BCUT2D eigenvalue weighted by atomic mass is 35.5. The Kier molecular flexibility index (Phi) is 10.9. The number of thioether (sulfide) groups is 1. The topological polar surface area (TPSA) is 55.8 Å². The smallest absolute Gasteiger partial charge is 0.341 e. The van der Waals surface area contributed by atoms with Crippen LogP contribution in [0.3, 0.4) is 0 Å². The van der Waals surface area contributed by atoms with Crippen LogP contribution in [0.15, 0.2) is 126 Å². The molecule has 0 heterocycles. The monoisotopic (exact) mass is 654 g/mol. The molecule has 45 heavy (non-hydrogen) atoms. The molecular formula is C38H32Cl2O4S. The van der Waals surface area contributed by atoms with Gasteiger partial charge in [-0.3, -0.25) is 0 Å². The first kappa shape index (κ1) is 32.2. The highest BCUT2D eigenvalue weighted by Crippen LogP contribution is 2.35. The van der Waals surface area contributed by atoms with Gasteiger partial charge >= 0.3 is 5.97 Å². The third-order valence-corrected chi connectivity index (χ3v) is 8.66. The Bertz CT molecular complexity index is 1690. The van der Waals surface area contributed by atoms with Crippen molar-refractivity contribution in [2.75, 3.05) is 19.0 Å². The van der Waals surface area contributed by atoms with E-state index in [1.807, 2.05) is 80.6 Å². The molecule has 228 valence electrons. The van der Waals surface area contributed by atoms with Gasteiger partial charge in [0.15, 0.2) is 6.61 Å². The van der Waals surface area contributed by atoms with E-state index in [9.17, 15) is 4.79 Å². The summed E-state index contributed by atoms with van der Waals surface area (Å²) in [6.07, 6.45) is 0. The number of aryl methyl sites for hydroxylation is 1. The zero-order valence-electron chi connectivity index (χ0n) is 24.9. The molecule has 5 rings (SSSR count). The first-order chi connectivity index (χ1) is 21.8. The van der Waals surface area contributed by atoms with Gasteiger partial charge in [-0.25, -0.2) is 4.79 Å². The average Bonchev–Trinajstić information content (AvgIpc) is 3.05. The summed E-state index contributed by atoms with van der Waals surface area (Å²) in [5.41, 5.74) is 8.37. The van der Waals surface area contributed by atoms with Gasteiger partial charge in [-0.05, 0) is 95.3 Å². The van der Waals surface area contributed by atoms with Gasteiger partial charge in [-0.1, -0.05) is 96.0 Å². The zero-order chi connectivity index (χ0) is 31.8. The van der Waals surface area contributed by atoms with Gasteiger partial charge in [0.2, 0.25) is 0 Å². The number of ether oxygens (including phenoxy) is 2. The molecule has 5 aromatic rings. The second-order valence-electron chi connectivity index (χ2n) is 10.3. The molecule has 0 radical (unpaired) electrons. The van der Waals surface area contributed by atoms with Crippen molar-refractivity contribution in [2.24, 2.45) is 0 Å². The molecule has 0 bridgehead atoms. The van der Waals surface area contributed by atoms with Gasteiger partial charge in [0.25, 0.3) is 0 Å². The molecule has 0 atom stereocenters. The summed E-state index contributed by atoms with van der Waals surface area (Å²) < 4.78 is 11.8. The molecule has 7 heteroatoms. The molecule has 0 saturated carbocycles. The van der Waals surface area contributed by atoms with Crippen LogP contribution < -0.4 is 4.74 Å². The van der Waals surface area contributed by atoms with E-state index in [0.717, 1.165) is 55.2 Å². The molecule has 0 aliphatic rings. The van der Waals surface area contributed by atoms with E-state index in [0.29, 0.717) is 28.2 Å². The number of benzene rings is 5. The van der Waals surface area contributed by atoms with Crippen LogP contribution in [0.5, 0.6) is 5.75 Å². The fourth-order valence-corrected chi connectivity index (χ4v) is 6.16. The van der Waals surface area contributed by atoms with Crippen molar-refractivity contribution in [1.29, 1.82) is 0 Å². The Morgan fingerprint density at radius 1 is 0.711 bits per heavy atom. The lowest BCUT2D eigenvalue weighted by atomic mass is 9.93. The maximum atomic E-state index is 10.9. The standard InChI is InChI=1S/C38H32Cl2O4S/c1-3-43-36(24-45-34-20-21-35(25(2)22-34)44-23-37(41)42)38(30-8-4-26(5-9-30)28-12-16-32(39)17-13-28)31-10-6-27(7-11-31)29-14-18-33(40)19-15-29/h4-22H,3,23-24H2,1-2H3,(H,41,42). The summed E-state index contributed by atoms with van der Waals surface area (Å²) in [5.74, 6) is 1.01. The molecule has 0 aliphatic carbocycles. The van der Waals surface area contributed by atoms with Crippen molar-refractivity contribution in [3.63, 3.8) is 0 Å². The number of hydrogen-bond acceptors (Lipinski definition) is 4. The van der Waals surface area contributed by atoms with Gasteiger partial charge in [-0.2, -0.15) is 0 Å². The lowest BCUT2D eigenvalue weighted by Gasteiger charge is -2.18. The van der Waals surface area contributed by atoms with E-state index in [1.165, 1.54) is 0 Å². The van der Waals surface area contributed by atoms with E-state index < -0.39 is 5.97 Å². The van der Waals surface area contributed by atoms with E-state index in [1.54, 1.807) is 11.8 Å². The van der Waals surface area contributed by atoms with Crippen LogP contribution in [0.25, 0.3) is 27.8 Å². The lowest BCUT2D eigenvalue weighted by molar-refractivity contribution is -0.139. The van der Waals surface area contributed by atoms with Crippen molar-refractivity contribution >= 4 is 46.5 Å². The molecule has 4 nitrogen and oxygen atoms in total. The maximum Gasteiger partial charge on any atom is 0.341 e. The average molecular weight is 656 g/mol. The van der Waals surface area contributed by atoms with Crippen molar-refractivity contribution in [3.8, 4) is 28.0 Å². The summed E-state index contributed by atoms with van der Waals surface area (Å²) in [6.45, 7) is 4.05. The Morgan fingerprint density at radius 2 is 1.18 bits per heavy atom. The molecule has 0 amide bonds. The molecule has 0 saturated heterocycles. The van der Waals surface area contributed by atoms with Gasteiger partial charge in [0, 0.05) is 20.5 Å². The van der Waals surface area contributed by atoms with Crippen molar-refractivity contribution in [2.45, 2.75) is 18.7 Å². The first-order valence-corrected chi connectivity index (χ1v) is 16.2. The van der Waals surface area contributed by atoms with E-state index in [2.05, 4.69) is 48.5 Å². The number of hydrogen-bond donors (Lipinski definition) is 1. The van der Waals surface area contributed by atoms with E-state index in [4.69, 9.17) is 37.8 Å². The summed E-state index contributed by atoms with van der Waals surface area (Å²) >= 11 is 13.9. The SMILES string of the molecule is CCOC(CSc1ccc(OCC(=O)O)c(C)c1)=C(c1ccc(-c2ccc(Cl)cc2)cc1)c1ccc(-c2ccc(Cl)cc2)cc1. The third kappa shape index (κ3) is 8.52. The quantitative estimate of drug-likeness (QED) is 0.107. The minimum Gasteiger partial charge on any atom is -0.497 e. The minimum absolute atomic E-state index is 0.373. The highest BCUT2D eigenvalue weighted by molar-refractivity contribution is 7.99. The third-order valence-electron chi connectivity index (χ3n) is 7.17. The number of halogens is 2. The predicted octanol–water partition coefficient (Wildman–Crippen LogP) is 10.7. The van der Waals surface area contributed by atoms with Crippen LogP contribution >= 0.6 is 35.0 Å². The molecule has 5 aromatic carbocycles. The van der Waals surface area contributed by atoms with Gasteiger partial charge in [-0.15, -0.1) is 11.8 Å². The summed E-state index contributed by atoms with van der Waals surface area (Å²) in [7, 11) is 0. The fraction of sp³-hybridized carbons (Fsp3) is 0.132. The molecule has 0 spiro atoms. The lowest BCUT2D eigenvalue weighted by Crippen LogP contribution is -2.10. The number of aliphatic carboxylic acids is 1. The highest BCUT2D eigenvalue weighted by Gasteiger charge is 2.16. The van der Waals surface area contributed by atoms with Crippen molar-refractivity contribution in [1.82, 2.24) is 0 Å². The predicted molar refractivity (Wildman–Crippen MR) is 186 cm³/mol. The maximum absolute atomic E-state index is 10.9. The van der Waals surface area contributed by atoms with E-state index >= 15 is 0 Å². The Labute approximate surface area is 278 Å². The molecular weight excluding hydrogens is 623 g/mol. The number of carboxylic acid groups (broad SMARTS) is 1. The second-order valence-corrected chi connectivity index (χ2v) is 12.2. The fourth-order valence-electron chi connectivity index (χ4n) is 4.95. The molecule has 0 fully saturated rings. The Balaban J connectivity index is 1.50. The minimum atomic E-state index is -1.01. The van der Waals surface area contributed by atoms with Crippen molar-refractivity contribution < 1.29 is 19.4 Å². The number of carboxylic acids is 1. The Hall–Kier alpha value is -4.16.